The maximum atomic E-state index is 15.0. The summed E-state index contributed by atoms with van der Waals surface area (Å²) in [4.78, 5) is 13.2. The first kappa shape index (κ1) is 32.6. The van der Waals surface area contributed by atoms with E-state index < -0.39 is 67.3 Å². The highest BCUT2D eigenvalue weighted by atomic mass is 32.2. The molecule has 1 amide bonds. The molecule has 5 rings (SSSR count). The molecule has 0 saturated heterocycles. The maximum Gasteiger partial charge on any atom is 0.435 e. The largest absolute Gasteiger partial charge is 0.435 e. The van der Waals surface area contributed by atoms with Crippen molar-refractivity contribution in [3.8, 4) is 0 Å². The van der Waals surface area contributed by atoms with Crippen molar-refractivity contribution in [1.29, 1.82) is 0 Å². The Labute approximate surface area is 248 Å². The van der Waals surface area contributed by atoms with E-state index in [9.17, 15) is 53.4 Å². The minimum Gasteiger partial charge on any atom is -0.390 e. The fourth-order valence-electron chi connectivity index (χ4n) is 7.39. The molecule has 242 valence electrons. The van der Waals surface area contributed by atoms with Gasteiger partial charge in [0.15, 0.2) is 9.84 Å². The average Bonchev–Trinajstić information content (AvgIpc) is 3.34. The van der Waals surface area contributed by atoms with Crippen molar-refractivity contribution >= 4 is 15.7 Å². The zero-order valence-electron chi connectivity index (χ0n) is 23.5. The number of carbonyl (C=O) groups is 1. The summed E-state index contributed by atoms with van der Waals surface area (Å²) in [7, 11) is -4.53. The number of carbonyl (C=O) groups excluding carboxylic acids is 1. The number of aliphatic hydroxyl groups is 1. The summed E-state index contributed by atoms with van der Waals surface area (Å²) in [6.45, 7) is 1.69. The highest BCUT2D eigenvalue weighted by Crippen LogP contribution is 2.60. The smallest absolute Gasteiger partial charge is 0.390 e. The summed E-state index contributed by atoms with van der Waals surface area (Å²) in [6, 6.07) is 5.11. The molecule has 0 aliphatic heterocycles. The van der Waals surface area contributed by atoms with Crippen LogP contribution in [0.5, 0.6) is 0 Å². The van der Waals surface area contributed by atoms with Crippen LogP contribution in [-0.2, 0) is 31.5 Å². The van der Waals surface area contributed by atoms with Crippen molar-refractivity contribution in [3.63, 3.8) is 0 Å². The Balaban J connectivity index is 1.60. The fraction of sp³-hybridized carbons (Fsp3) is 0.567. The summed E-state index contributed by atoms with van der Waals surface area (Å²) in [5.41, 5.74) is -8.58. The number of fused-ring (bicyclic) bond motifs is 3. The van der Waals surface area contributed by atoms with Crippen molar-refractivity contribution in [2.24, 2.45) is 11.8 Å². The van der Waals surface area contributed by atoms with Gasteiger partial charge in [-0.05, 0) is 99.6 Å². The van der Waals surface area contributed by atoms with Crippen LogP contribution in [-0.4, -0.2) is 43.4 Å². The summed E-state index contributed by atoms with van der Waals surface area (Å²) in [5, 5.41) is 13.2. The molecule has 0 heterocycles. The second kappa shape index (κ2) is 10.7. The van der Waals surface area contributed by atoms with Gasteiger partial charge in [-0.3, -0.25) is 4.79 Å². The van der Waals surface area contributed by atoms with E-state index in [-0.39, 0.29) is 47.7 Å². The molecule has 0 radical (unpaired) electrons. The second-order valence-electron chi connectivity index (χ2n) is 12.4. The van der Waals surface area contributed by atoms with E-state index in [4.69, 9.17) is 0 Å². The van der Waals surface area contributed by atoms with Gasteiger partial charge in [0.25, 0.3) is 0 Å². The summed E-state index contributed by atoms with van der Waals surface area (Å²) >= 11 is 0. The SMILES string of the molecule is C[C@]1(O)CC[C@H](NC(=O)[C@@H]2CC[C@@]3(S(=O)(=O)c4ccc(F)cc4)c4ccc(C(F)(C(F)(F)F)C(F)(F)F)cc4CC[C@@H]23)CC1. The molecule has 0 aromatic heterocycles. The van der Waals surface area contributed by atoms with Crippen molar-refractivity contribution in [1.82, 2.24) is 5.32 Å². The normalized spacial score (nSPS) is 29.5. The highest BCUT2D eigenvalue weighted by molar-refractivity contribution is 7.92. The monoisotopic (exact) mass is 653 g/mol. The van der Waals surface area contributed by atoms with Crippen molar-refractivity contribution < 1.29 is 53.4 Å². The number of aryl methyl sites for hydroxylation is 1. The molecule has 0 bridgehead atoms. The van der Waals surface area contributed by atoms with Gasteiger partial charge in [-0.1, -0.05) is 18.2 Å². The standard InChI is InChI=1S/C30H31F8NO4S/c1-26(41)13-10-20(11-14-26)39-25(40)22-12-15-27(44(42,43)21-6-4-19(31)5-7-21)23-9-3-18(16-17(23)2-8-24(22)27)28(32,29(33,34)35)30(36,37)38/h3-7,9,16,20,22,24,41H,2,8,10-15H2,1H3,(H,39,40)/t20-,22-,24+,26-,27-/m1/s1. The molecule has 3 aliphatic carbocycles. The number of benzene rings is 2. The van der Waals surface area contributed by atoms with Gasteiger partial charge in [-0.25, -0.2) is 17.2 Å². The summed E-state index contributed by atoms with van der Waals surface area (Å²) in [6.07, 6.45) is -11.3. The molecule has 14 heteroatoms. The molecule has 44 heavy (non-hydrogen) atoms. The van der Waals surface area contributed by atoms with Crippen LogP contribution in [0.1, 0.15) is 68.6 Å². The lowest BCUT2D eigenvalue weighted by Crippen LogP contribution is -2.51. The van der Waals surface area contributed by atoms with Gasteiger partial charge in [-0.15, -0.1) is 0 Å². The third kappa shape index (κ3) is 5.09. The van der Waals surface area contributed by atoms with E-state index in [2.05, 4.69) is 5.32 Å². The molecule has 3 aliphatic rings. The van der Waals surface area contributed by atoms with Crippen molar-refractivity contribution in [2.45, 2.75) is 97.6 Å². The predicted octanol–water partition coefficient (Wildman–Crippen LogP) is 6.57. The van der Waals surface area contributed by atoms with Gasteiger partial charge in [0.1, 0.15) is 10.6 Å². The first-order chi connectivity index (χ1) is 20.2. The number of sulfone groups is 1. The zero-order chi connectivity index (χ0) is 32.5. The Morgan fingerprint density at radius 2 is 1.48 bits per heavy atom. The number of alkyl halides is 7. The van der Waals surface area contributed by atoms with E-state index in [1.54, 1.807) is 6.92 Å². The lowest BCUT2D eigenvalue weighted by atomic mass is 9.72. The molecule has 0 unspecified atom stereocenters. The predicted molar refractivity (Wildman–Crippen MR) is 142 cm³/mol. The Morgan fingerprint density at radius 1 is 0.886 bits per heavy atom. The van der Waals surface area contributed by atoms with Crippen LogP contribution in [0.25, 0.3) is 0 Å². The maximum absolute atomic E-state index is 15.0. The highest BCUT2D eigenvalue weighted by Gasteiger charge is 2.74. The number of halogens is 8. The number of hydrogen-bond donors (Lipinski definition) is 2. The fourth-order valence-corrected chi connectivity index (χ4v) is 9.86. The van der Waals surface area contributed by atoms with Gasteiger partial charge in [0.05, 0.1) is 10.5 Å². The Bertz CT molecular complexity index is 1510. The van der Waals surface area contributed by atoms with E-state index in [1.165, 1.54) is 0 Å². The van der Waals surface area contributed by atoms with Gasteiger partial charge >= 0.3 is 18.0 Å². The summed E-state index contributed by atoms with van der Waals surface area (Å²) < 4.78 is 137. The van der Waals surface area contributed by atoms with Crippen LogP contribution >= 0.6 is 0 Å². The quantitative estimate of drug-likeness (QED) is 0.283. The van der Waals surface area contributed by atoms with Crippen LogP contribution in [0, 0.1) is 17.7 Å². The molecular formula is C30H31F8NO4S. The van der Waals surface area contributed by atoms with E-state index in [0.717, 1.165) is 30.3 Å². The van der Waals surface area contributed by atoms with Crippen LogP contribution in [0.3, 0.4) is 0 Å². The molecule has 5 nitrogen and oxygen atoms in total. The van der Waals surface area contributed by atoms with Crippen LogP contribution < -0.4 is 5.32 Å². The van der Waals surface area contributed by atoms with Gasteiger partial charge in [-0.2, -0.15) is 26.3 Å². The average molecular weight is 654 g/mol. The number of hydrogen-bond acceptors (Lipinski definition) is 4. The van der Waals surface area contributed by atoms with Crippen molar-refractivity contribution in [3.05, 3.63) is 65.0 Å². The third-order valence-electron chi connectivity index (χ3n) is 9.73. The molecule has 2 fully saturated rings. The first-order valence-corrected chi connectivity index (χ1v) is 15.7. The molecule has 0 spiro atoms. The molecule has 2 aromatic carbocycles. The Kier molecular flexibility index (Phi) is 7.92. The van der Waals surface area contributed by atoms with Crippen LogP contribution in [0.2, 0.25) is 0 Å². The second-order valence-corrected chi connectivity index (χ2v) is 14.6. The lowest BCUT2D eigenvalue weighted by Gasteiger charge is -2.43. The minimum absolute atomic E-state index is 0.0424. The van der Waals surface area contributed by atoms with Gasteiger partial charge < -0.3 is 10.4 Å². The number of nitrogens with one attached hydrogen (secondary N) is 1. The van der Waals surface area contributed by atoms with E-state index in [0.29, 0.717) is 37.8 Å². The molecule has 3 atom stereocenters. The molecular weight excluding hydrogens is 622 g/mol. The Morgan fingerprint density at radius 3 is 2.05 bits per heavy atom. The topological polar surface area (TPSA) is 83.5 Å². The summed E-state index contributed by atoms with van der Waals surface area (Å²) in [5.74, 6) is -2.97. The number of amides is 1. The third-order valence-corrected chi connectivity index (χ3v) is 12.3. The van der Waals surface area contributed by atoms with Gasteiger partial charge in [0, 0.05) is 17.5 Å². The van der Waals surface area contributed by atoms with E-state index >= 15 is 0 Å². The minimum atomic E-state index is -6.35. The first-order valence-electron chi connectivity index (χ1n) is 14.2. The number of rotatable bonds is 5. The van der Waals surface area contributed by atoms with Gasteiger partial charge in [0.2, 0.25) is 5.91 Å². The zero-order valence-corrected chi connectivity index (χ0v) is 24.4. The lowest BCUT2D eigenvalue weighted by molar-refractivity contribution is -0.348. The van der Waals surface area contributed by atoms with E-state index in [1.807, 2.05) is 0 Å². The Hall–Kier alpha value is -2.74. The van der Waals surface area contributed by atoms with Crippen LogP contribution in [0.15, 0.2) is 47.4 Å². The van der Waals surface area contributed by atoms with Crippen LogP contribution in [0.4, 0.5) is 35.1 Å². The molecule has 2 aromatic rings. The molecule has 2 N–H and O–H groups in total. The van der Waals surface area contributed by atoms with Crippen molar-refractivity contribution in [2.75, 3.05) is 0 Å². The molecule has 2 saturated carbocycles.